The normalized spacial score (nSPS) is 10.7. The smallest absolute Gasteiger partial charge is 0.255 e. The minimum atomic E-state index is -0.345. The Morgan fingerprint density at radius 1 is 1.00 bits per heavy atom. The Kier molecular flexibility index (Phi) is 5.44. The first-order valence-electron chi connectivity index (χ1n) is 9.60. The number of halogens is 1. The van der Waals surface area contributed by atoms with Gasteiger partial charge in [0.2, 0.25) is 5.95 Å². The third-order valence-corrected chi connectivity index (χ3v) is 4.75. The van der Waals surface area contributed by atoms with E-state index in [4.69, 9.17) is 4.74 Å². The third kappa shape index (κ3) is 4.42. The van der Waals surface area contributed by atoms with Crippen molar-refractivity contribution in [3.63, 3.8) is 0 Å². The van der Waals surface area contributed by atoms with Gasteiger partial charge >= 0.3 is 0 Å². The molecule has 0 aliphatic carbocycles. The van der Waals surface area contributed by atoms with Gasteiger partial charge in [-0.25, -0.2) is 19.3 Å². The first-order chi connectivity index (χ1) is 14.9. The van der Waals surface area contributed by atoms with Crippen molar-refractivity contribution < 1.29 is 13.9 Å². The van der Waals surface area contributed by atoms with E-state index in [1.54, 1.807) is 36.7 Å². The fraction of sp³-hybridized carbons (Fsp3) is 0.130. The second kappa shape index (κ2) is 8.35. The number of aryl methyl sites for hydroxylation is 2. The van der Waals surface area contributed by atoms with E-state index < -0.39 is 0 Å². The number of nitrogens with zero attached hydrogens (tertiary/aromatic N) is 4. The van der Waals surface area contributed by atoms with Crippen LogP contribution in [0.15, 0.2) is 60.9 Å². The standard InChI is InChI=1S/C23H20FN5O2/c1-14-15(2)29(16(3)27-14)23-25-12-19(13-26-23)28-22(30)17-5-4-6-21(11-17)31-20-9-7-18(24)8-10-20/h4-13H,1-3H3,(H,28,30). The lowest BCUT2D eigenvalue weighted by Crippen LogP contribution is -2.13. The van der Waals surface area contributed by atoms with E-state index in [0.29, 0.717) is 28.7 Å². The predicted octanol–water partition coefficient (Wildman–Crippen LogP) is 4.77. The zero-order valence-corrected chi connectivity index (χ0v) is 17.3. The summed E-state index contributed by atoms with van der Waals surface area (Å²) in [5.41, 5.74) is 2.75. The van der Waals surface area contributed by atoms with Gasteiger partial charge in [0.15, 0.2) is 0 Å². The van der Waals surface area contributed by atoms with Crippen LogP contribution in [0.3, 0.4) is 0 Å². The lowest BCUT2D eigenvalue weighted by Gasteiger charge is -2.09. The summed E-state index contributed by atoms with van der Waals surface area (Å²) in [7, 11) is 0. The number of benzene rings is 2. The first kappa shape index (κ1) is 20.2. The molecular weight excluding hydrogens is 397 g/mol. The third-order valence-electron chi connectivity index (χ3n) is 4.75. The van der Waals surface area contributed by atoms with E-state index >= 15 is 0 Å². The number of anilines is 1. The summed E-state index contributed by atoms with van der Waals surface area (Å²) in [6.45, 7) is 5.77. The van der Waals surface area contributed by atoms with Gasteiger partial charge in [-0.15, -0.1) is 0 Å². The maximum Gasteiger partial charge on any atom is 0.255 e. The molecule has 0 fully saturated rings. The number of amides is 1. The van der Waals surface area contributed by atoms with Gasteiger partial charge in [0, 0.05) is 11.3 Å². The fourth-order valence-corrected chi connectivity index (χ4v) is 3.12. The van der Waals surface area contributed by atoms with Gasteiger partial charge in [-0.1, -0.05) is 6.07 Å². The van der Waals surface area contributed by atoms with Crippen LogP contribution in [0.4, 0.5) is 10.1 Å². The highest BCUT2D eigenvalue weighted by Crippen LogP contribution is 2.23. The number of imidazole rings is 1. The second-order valence-corrected chi connectivity index (χ2v) is 6.97. The molecule has 0 saturated heterocycles. The highest BCUT2D eigenvalue weighted by Gasteiger charge is 2.13. The van der Waals surface area contributed by atoms with Gasteiger partial charge in [-0.3, -0.25) is 9.36 Å². The molecule has 2 heterocycles. The quantitative estimate of drug-likeness (QED) is 0.506. The lowest BCUT2D eigenvalue weighted by atomic mass is 10.2. The molecule has 2 aromatic carbocycles. The average Bonchev–Trinajstić information content (AvgIpc) is 3.02. The molecule has 1 amide bonds. The molecule has 0 aliphatic heterocycles. The first-order valence-corrected chi connectivity index (χ1v) is 9.60. The van der Waals surface area contributed by atoms with Crippen molar-refractivity contribution in [1.82, 2.24) is 19.5 Å². The van der Waals surface area contributed by atoms with Gasteiger partial charge in [0.05, 0.1) is 23.8 Å². The highest BCUT2D eigenvalue weighted by molar-refractivity contribution is 6.04. The Labute approximate surface area is 178 Å². The Bertz CT molecular complexity index is 1230. The van der Waals surface area contributed by atoms with Crippen molar-refractivity contribution in [3.8, 4) is 17.4 Å². The van der Waals surface area contributed by atoms with E-state index in [-0.39, 0.29) is 11.7 Å². The van der Waals surface area contributed by atoms with Crippen molar-refractivity contribution in [2.24, 2.45) is 0 Å². The molecule has 1 N–H and O–H groups in total. The van der Waals surface area contributed by atoms with Gasteiger partial charge in [0.1, 0.15) is 23.1 Å². The van der Waals surface area contributed by atoms with Crippen LogP contribution >= 0.6 is 0 Å². The molecule has 0 unspecified atom stereocenters. The molecule has 4 aromatic rings. The van der Waals surface area contributed by atoms with Crippen molar-refractivity contribution in [2.45, 2.75) is 20.8 Å². The Hall–Kier alpha value is -4.07. The number of aromatic nitrogens is 4. The number of rotatable bonds is 5. The number of ether oxygens (including phenoxy) is 1. The minimum absolute atomic E-state index is 0.327. The molecule has 31 heavy (non-hydrogen) atoms. The molecule has 0 radical (unpaired) electrons. The van der Waals surface area contributed by atoms with E-state index in [2.05, 4.69) is 20.3 Å². The fourth-order valence-electron chi connectivity index (χ4n) is 3.12. The van der Waals surface area contributed by atoms with Crippen molar-refractivity contribution in [3.05, 3.63) is 89.5 Å². The Balaban J connectivity index is 1.47. The highest BCUT2D eigenvalue weighted by atomic mass is 19.1. The molecule has 0 spiro atoms. The van der Waals surface area contributed by atoms with E-state index in [1.807, 2.05) is 25.3 Å². The predicted molar refractivity (Wildman–Crippen MR) is 114 cm³/mol. The van der Waals surface area contributed by atoms with Crippen LogP contribution in [0, 0.1) is 26.6 Å². The van der Waals surface area contributed by atoms with Gasteiger partial charge in [-0.05, 0) is 63.2 Å². The molecule has 0 atom stereocenters. The molecule has 4 rings (SSSR count). The number of nitrogens with one attached hydrogen (secondary N) is 1. The van der Waals surface area contributed by atoms with Crippen LogP contribution in [0.1, 0.15) is 27.6 Å². The lowest BCUT2D eigenvalue weighted by molar-refractivity contribution is 0.102. The largest absolute Gasteiger partial charge is 0.457 e. The average molecular weight is 417 g/mol. The maximum atomic E-state index is 13.0. The number of carbonyl (C=O) groups is 1. The number of carbonyl (C=O) groups excluding carboxylic acids is 1. The molecule has 0 aliphatic rings. The second-order valence-electron chi connectivity index (χ2n) is 6.97. The van der Waals surface area contributed by atoms with Crippen LogP contribution in [0.25, 0.3) is 5.95 Å². The minimum Gasteiger partial charge on any atom is -0.457 e. The molecule has 156 valence electrons. The van der Waals surface area contributed by atoms with Crippen molar-refractivity contribution in [2.75, 3.05) is 5.32 Å². The maximum absolute atomic E-state index is 13.0. The van der Waals surface area contributed by atoms with Crippen LogP contribution in [-0.4, -0.2) is 25.4 Å². The summed E-state index contributed by atoms with van der Waals surface area (Å²) in [4.78, 5) is 25.8. The van der Waals surface area contributed by atoms with Gasteiger partial charge in [0.25, 0.3) is 5.91 Å². The molecule has 2 aromatic heterocycles. The van der Waals surface area contributed by atoms with Crippen molar-refractivity contribution in [1.29, 1.82) is 0 Å². The molecule has 0 bridgehead atoms. The van der Waals surface area contributed by atoms with Gasteiger partial charge < -0.3 is 10.1 Å². The summed E-state index contributed by atoms with van der Waals surface area (Å²) in [5, 5.41) is 2.78. The molecule has 8 heteroatoms. The zero-order chi connectivity index (χ0) is 22.0. The monoisotopic (exact) mass is 417 g/mol. The van der Waals surface area contributed by atoms with E-state index in [0.717, 1.165) is 17.2 Å². The Morgan fingerprint density at radius 3 is 2.35 bits per heavy atom. The summed E-state index contributed by atoms with van der Waals surface area (Å²) in [5.74, 6) is 1.55. The van der Waals surface area contributed by atoms with E-state index in [1.165, 1.54) is 24.3 Å². The summed E-state index contributed by atoms with van der Waals surface area (Å²) >= 11 is 0. The number of hydrogen-bond donors (Lipinski definition) is 1. The summed E-state index contributed by atoms with van der Waals surface area (Å²) in [6, 6.07) is 12.4. The summed E-state index contributed by atoms with van der Waals surface area (Å²) < 4.78 is 20.6. The molecule has 0 saturated carbocycles. The van der Waals surface area contributed by atoms with Crippen LogP contribution in [-0.2, 0) is 0 Å². The molecule has 7 nitrogen and oxygen atoms in total. The van der Waals surface area contributed by atoms with Gasteiger partial charge in [-0.2, -0.15) is 0 Å². The molecular formula is C23H20FN5O2. The Morgan fingerprint density at radius 2 is 1.71 bits per heavy atom. The summed E-state index contributed by atoms with van der Waals surface area (Å²) in [6.07, 6.45) is 3.10. The van der Waals surface area contributed by atoms with E-state index in [9.17, 15) is 9.18 Å². The SMILES string of the molecule is Cc1nc(C)n(-c2ncc(NC(=O)c3cccc(Oc4ccc(F)cc4)c3)cn2)c1C. The van der Waals surface area contributed by atoms with Crippen molar-refractivity contribution >= 4 is 11.6 Å². The number of hydrogen-bond acceptors (Lipinski definition) is 5. The zero-order valence-electron chi connectivity index (χ0n) is 17.3. The topological polar surface area (TPSA) is 81.9 Å². The van der Waals surface area contributed by atoms with Crippen LogP contribution in [0.5, 0.6) is 11.5 Å². The van der Waals surface area contributed by atoms with Crippen LogP contribution < -0.4 is 10.1 Å². The van der Waals surface area contributed by atoms with Crippen LogP contribution in [0.2, 0.25) is 0 Å².